The SMILES string of the molecule is Cc1nnsc1-c1nc(C(F)(F)F)cn1Cc1ncc(Cl)cn1. The van der Waals surface area contributed by atoms with Crippen LogP contribution in [-0.2, 0) is 12.7 Å². The third-order valence-electron chi connectivity index (χ3n) is 2.91. The second-order valence-corrected chi connectivity index (χ2v) is 5.77. The van der Waals surface area contributed by atoms with Crippen molar-refractivity contribution in [1.82, 2.24) is 29.1 Å². The molecular formula is C12H8ClF3N6S. The summed E-state index contributed by atoms with van der Waals surface area (Å²) in [6, 6.07) is 0. The van der Waals surface area contributed by atoms with Crippen LogP contribution in [0.4, 0.5) is 13.2 Å². The molecule has 120 valence electrons. The van der Waals surface area contributed by atoms with Crippen molar-refractivity contribution in [3.8, 4) is 10.7 Å². The van der Waals surface area contributed by atoms with Gasteiger partial charge in [0.15, 0.2) is 11.5 Å². The van der Waals surface area contributed by atoms with Gasteiger partial charge in [0.1, 0.15) is 10.7 Å². The summed E-state index contributed by atoms with van der Waals surface area (Å²) in [4.78, 5) is 12.1. The van der Waals surface area contributed by atoms with Gasteiger partial charge in [0, 0.05) is 18.6 Å². The summed E-state index contributed by atoms with van der Waals surface area (Å²) in [5.41, 5.74) is -0.484. The van der Waals surface area contributed by atoms with Gasteiger partial charge in [-0.25, -0.2) is 15.0 Å². The number of aromatic nitrogens is 6. The highest BCUT2D eigenvalue weighted by atomic mass is 35.5. The maximum absolute atomic E-state index is 13.0. The Kier molecular flexibility index (Phi) is 4.02. The molecule has 0 aromatic carbocycles. The van der Waals surface area contributed by atoms with Gasteiger partial charge in [0.25, 0.3) is 0 Å². The Balaban J connectivity index is 2.05. The number of hydrogen-bond donors (Lipinski definition) is 0. The van der Waals surface area contributed by atoms with E-state index in [-0.39, 0.29) is 12.4 Å². The van der Waals surface area contributed by atoms with Gasteiger partial charge in [-0.15, -0.1) is 5.10 Å². The first kappa shape index (κ1) is 15.8. The van der Waals surface area contributed by atoms with Gasteiger partial charge in [-0.2, -0.15) is 13.2 Å². The molecule has 0 aliphatic rings. The first-order valence-corrected chi connectivity index (χ1v) is 7.40. The predicted octanol–water partition coefficient (Wildman–Crippen LogP) is 3.22. The molecule has 6 nitrogen and oxygen atoms in total. The van der Waals surface area contributed by atoms with E-state index in [1.165, 1.54) is 17.0 Å². The molecule has 3 rings (SSSR count). The Hall–Kier alpha value is -2.07. The van der Waals surface area contributed by atoms with E-state index in [9.17, 15) is 13.2 Å². The molecular weight excluding hydrogens is 353 g/mol. The van der Waals surface area contributed by atoms with Crippen molar-refractivity contribution in [1.29, 1.82) is 0 Å². The van der Waals surface area contributed by atoms with Gasteiger partial charge in [-0.3, -0.25) is 0 Å². The Bertz CT molecular complexity index is 826. The number of hydrogen-bond acceptors (Lipinski definition) is 6. The van der Waals surface area contributed by atoms with Crippen molar-refractivity contribution in [2.24, 2.45) is 0 Å². The lowest BCUT2D eigenvalue weighted by Gasteiger charge is -2.05. The minimum Gasteiger partial charge on any atom is -0.322 e. The largest absolute Gasteiger partial charge is 0.434 e. The third kappa shape index (κ3) is 3.32. The molecule has 0 N–H and O–H groups in total. The van der Waals surface area contributed by atoms with Crippen LogP contribution in [0.3, 0.4) is 0 Å². The zero-order valence-electron chi connectivity index (χ0n) is 11.5. The fourth-order valence-corrected chi connectivity index (χ4v) is 2.62. The van der Waals surface area contributed by atoms with Crippen molar-refractivity contribution in [2.45, 2.75) is 19.6 Å². The van der Waals surface area contributed by atoms with E-state index in [1.807, 2.05) is 0 Å². The van der Waals surface area contributed by atoms with E-state index in [0.29, 0.717) is 21.4 Å². The normalized spacial score (nSPS) is 11.9. The molecule has 0 fully saturated rings. The van der Waals surface area contributed by atoms with Crippen LogP contribution in [0.25, 0.3) is 10.7 Å². The number of nitrogens with zero attached hydrogens (tertiary/aromatic N) is 6. The van der Waals surface area contributed by atoms with Crippen molar-refractivity contribution < 1.29 is 13.2 Å². The Morgan fingerprint density at radius 1 is 1.26 bits per heavy atom. The molecule has 0 aliphatic carbocycles. The molecule has 0 spiro atoms. The van der Waals surface area contributed by atoms with Crippen LogP contribution < -0.4 is 0 Å². The molecule has 23 heavy (non-hydrogen) atoms. The molecule has 11 heteroatoms. The second kappa shape index (κ2) is 5.85. The lowest BCUT2D eigenvalue weighted by molar-refractivity contribution is -0.140. The van der Waals surface area contributed by atoms with Crippen molar-refractivity contribution in [2.75, 3.05) is 0 Å². The van der Waals surface area contributed by atoms with E-state index < -0.39 is 11.9 Å². The second-order valence-electron chi connectivity index (χ2n) is 4.58. The van der Waals surface area contributed by atoms with Crippen LogP contribution in [0, 0.1) is 6.92 Å². The summed E-state index contributed by atoms with van der Waals surface area (Å²) in [5.74, 6) is 0.445. The predicted molar refractivity (Wildman–Crippen MR) is 77.0 cm³/mol. The van der Waals surface area contributed by atoms with Crippen LogP contribution >= 0.6 is 23.1 Å². The molecule has 0 saturated heterocycles. The minimum atomic E-state index is -4.55. The maximum atomic E-state index is 13.0. The maximum Gasteiger partial charge on any atom is 0.434 e. The van der Waals surface area contributed by atoms with Crippen LogP contribution in [0.2, 0.25) is 5.02 Å². The smallest absolute Gasteiger partial charge is 0.322 e. The average molecular weight is 361 g/mol. The molecule has 3 heterocycles. The lowest BCUT2D eigenvalue weighted by Crippen LogP contribution is -2.06. The first-order chi connectivity index (χ1) is 10.8. The molecule has 0 atom stereocenters. The van der Waals surface area contributed by atoms with Crippen LogP contribution in [-0.4, -0.2) is 29.1 Å². The van der Waals surface area contributed by atoms with E-state index in [2.05, 4.69) is 24.5 Å². The zero-order chi connectivity index (χ0) is 16.6. The van der Waals surface area contributed by atoms with Gasteiger partial charge >= 0.3 is 6.18 Å². The molecule has 0 unspecified atom stereocenters. The number of imidazole rings is 1. The van der Waals surface area contributed by atoms with Gasteiger partial charge in [-0.1, -0.05) is 16.1 Å². The Morgan fingerprint density at radius 2 is 1.96 bits per heavy atom. The van der Waals surface area contributed by atoms with Crippen LogP contribution in [0.1, 0.15) is 17.2 Å². The fourth-order valence-electron chi connectivity index (χ4n) is 1.86. The van der Waals surface area contributed by atoms with Crippen molar-refractivity contribution in [3.05, 3.63) is 40.8 Å². The Labute approximate surface area is 137 Å². The molecule has 0 radical (unpaired) electrons. The number of alkyl halides is 3. The van der Waals surface area contributed by atoms with Crippen LogP contribution in [0.5, 0.6) is 0 Å². The molecule has 0 saturated carbocycles. The summed E-state index contributed by atoms with van der Waals surface area (Å²) < 4.78 is 44.0. The topological polar surface area (TPSA) is 69.4 Å². The number of rotatable bonds is 3. The van der Waals surface area contributed by atoms with Crippen molar-refractivity contribution >= 4 is 23.1 Å². The molecule has 0 amide bonds. The number of halogens is 4. The van der Waals surface area contributed by atoms with Crippen LogP contribution in [0.15, 0.2) is 18.6 Å². The standard InChI is InChI=1S/C12H8ClF3N6S/c1-6-10(23-21-20-6)11-19-8(12(14,15)16)4-22(11)5-9-17-2-7(13)3-18-9/h2-4H,5H2,1H3. The minimum absolute atomic E-state index is 0.0208. The monoisotopic (exact) mass is 360 g/mol. The van der Waals surface area contributed by atoms with Gasteiger partial charge in [0.05, 0.1) is 17.3 Å². The summed E-state index contributed by atoms with van der Waals surface area (Å²) in [7, 11) is 0. The number of aryl methyl sites for hydroxylation is 1. The Morgan fingerprint density at radius 3 is 2.52 bits per heavy atom. The average Bonchev–Trinajstić information content (AvgIpc) is 3.07. The summed E-state index contributed by atoms with van der Waals surface area (Å²) in [5, 5.41) is 4.15. The lowest BCUT2D eigenvalue weighted by atomic mass is 10.3. The highest BCUT2D eigenvalue weighted by molar-refractivity contribution is 7.09. The first-order valence-electron chi connectivity index (χ1n) is 6.24. The molecule has 0 aliphatic heterocycles. The van der Waals surface area contributed by atoms with E-state index >= 15 is 0 Å². The molecule has 3 aromatic rings. The van der Waals surface area contributed by atoms with Crippen molar-refractivity contribution in [3.63, 3.8) is 0 Å². The van der Waals surface area contributed by atoms with E-state index in [4.69, 9.17) is 11.6 Å². The van der Waals surface area contributed by atoms with E-state index in [1.54, 1.807) is 6.92 Å². The highest BCUT2D eigenvalue weighted by Crippen LogP contribution is 2.33. The molecule has 3 aromatic heterocycles. The van der Waals surface area contributed by atoms with Gasteiger partial charge < -0.3 is 4.57 Å². The van der Waals surface area contributed by atoms with Gasteiger partial charge in [0.2, 0.25) is 0 Å². The van der Waals surface area contributed by atoms with E-state index in [0.717, 1.165) is 17.7 Å². The fraction of sp³-hybridized carbons (Fsp3) is 0.250. The molecule has 0 bridgehead atoms. The summed E-state index contributed by atoms with van der Waals surface area (Å²) in [6.45, 7) is 1.68. The highest BCUT2D eigenvalue weighted by Gasteiger charge is 2.35. The zero-order valence-corrected chi connectivity index (χ0v) is 13.1. The quantitative estimate of drug-likeness (QED) is 0.717. The summed E-state index contributed by atoms with van der Waals surface area (Å²) >= 11 is 6.68. The van der Waals surface area contributed by atoms with Gasteiger partial charge in [-0.05, 0) is 18.5 Å². The third-order valence-corrected chi connectivity index (χ3v) is 3.93. The summed E-state index contributed by atoms with van der Waals surface area (Å²) in [6.07, 6.45) is -0.866.